The van der Waals surface area contributed by atoms with Gasteiger partial charge < -0.3 is 0 Å². The quantitative estimate of drug-likeness (QED) is 0.164. The minimum absolute atomic E-state index is 0.135. The summed E-state index contributed by atoms with van der Waals surface area (Å²) >= 11 is 3.43. The first-order chi connectivity index (χ1) is 17.4. The molecule has 0 unspecified atom stereocenters. The molecule has 1 aromatic heterocycles. The number of benzene rings is 4. The minimum Gasteiger partial charge on any atom is -0.258 e. The predicted molar refractivity (Wildman–Crippen MR) is 141 cm³/mol. The van der Waals surface area contributed by atoms with Crippen molar-refractivity contribution in [1.82, 2.24) is 9.78 Å². The van der Waals surface area contributed by atoms with Crippen molar-refractivity contribution in [3.8, 4) is 39.3 Å². The van der Waals surface area contributed by atoms with Gasteiger partial charge in [-0.2, -0.15) is 5.10 Å². The molecule has 0 saturated heterocycles. The van der Waals surface area contributed by atoms with E-state index in [1.807, 2.05) is 84.9 Å². The van der Waals surface area contributed by atoms with Gasteiger partial charge in [0.25, 0.3) is 5.69 Å². The van der Waals surface area contributed by atoms with Crippen molar-refractivity contribution in [3.05, 3.63) is 128 Å². The van der Waals surface area contributed by atoms with Crippen molar-refractivity contribution in [1.29, 1.82) is 0 Å². The molecule has 0 fully saturated rings. The van der Waals surface area contributed by atoms with Gasteiger partial charge in [-0.25, -0.2) is 4.68 Å². The molecule has 0 aliphatic carbocycles. The summed E-state index contributed by atoms with van der Waals surface area (Å²) in [6.45, 7) is 0. The van der Waals surface area contributed by atoms with Gasteiger partial charge in [-0.15, -0.1) is 0 Å². The highest BCUT2D eigenvalue weighted by Crippen LogP contribution is 2.35. The average molecular weight is 541 g/mol. The maximum absolute atomic E-state index is 11.8. The molecule has 0 amide bonds. The van der Waals surface area contributed by atoms with E-state index in [1.165, 1.54) is 16.8 Å². The highest BCUT2D eigenvalue weighted by molar-refractivity contribution is 9.10. The Labute approximate surface area is 213 Å². The lowest BCUT2D eigenvalue weighted by Crippen LogP contribution is -2.04. The number of hydrogen-bond acceptors (Lipinski definition) is 5. The SMILES string of the molecule is O=[N+]([O-])c1ccc(-n2nc(-c3ccc(-c4ccccc4)cc3)cc2-c2ccc(Br)cc2)c([N+](=O)[O-])c1. The zero-order valence-electron chi connectivity index (χ0n) is 18.6. The molecule has 176 valence electrons. The van der Waals surface area contributed by atoms with Crippen LogP contribution in [0, 0.1) is 20.2 Å². The average Bonchev–Trinajstić information content (AvgIpc) is 3.34. The first kappa shape index (κ1) is 23.1. The van der Waals surface area contributed by atoms with Gasteiger partial charge in [-0.3, -0.25) is 20.2 Å². The molecule has 5 rings (SSSR count). The van der Waals surface area contributed by atoms with Crippen molar-refractivity contribution in [2.75, 3.05) is 0 Å². The van der Waals surface area contributed by atoms with E-state index in [0.29, 0.717) is 11.4 Å². The Hall–Kier alpha value is -4.63. The van der Waals surface area contributed by atoms with Gasteiger partial charge >= 0.3 is 5.69 Å². The Morgan fingerprint density at radius 3 is 1.92 bits per heavy atom. The van der Waals surface area contributed by atoms with Crippen LogP contribution in [-0.4, -0.2) is 19.6 Å². The van der Waals surface area contributed by atoms with Gasteiger partial charge in [0.05, 0.1) is 27.3 Å². The molecule has 5 aromatic rings. The molecule has 1 heterocycles. The maximum atomic E-state index is 11.8. The second-order valence-electron chi connectivity index (χ2n) is 7.96. The lowest BCUT2D eigenvalue weighted by Gasteiger charge is -2.08. The Kier molecular flexibility index (Phi) is 6.14. The van der Waals surface area contributed by atoms with Gasteiger partial charge in [-0.05, 0) is 35.4 Å². The zero-order chi connectivity index (χ0) is 25.2. The van der Waals surface area contributed by atoms with Crippen molar-refractivity contribution >= 4 is 27.3 Å². The number of halogens is 1. The highest BCUT2D eigenvalue weighted by Gasteiger charge is 2.24. The normalized spacial score (nSPS) is 10.8. The van der Waals surface area contributed by atoms with Crippen LogP contribution in [0.2, 0.25) is 0 Å². The fourth-order valence-electron chi connectivity index (χ4n) is 3.95. The molecular formula is C27H17BrN4O4. The van der Waals surface area contributed by atoms with Crippen molar-refractivity contribution in [2.24, 2.45) is 0 Å². The molecule has 4 aromatic carbocycles. The number of nitro benzene ring substituents is 2. The van der Waals surface area contributed by atoms with E-state index in [2.05, 4.69) is 15.9 Å². The van der Waals surface area contributed by atoms with E-state index in [4.69, 9.17) is 5.10 Å². The minimum atomic E-state index is -0.658. The van der Waals surface area contributed by atoms with E-state index in [0.717, 1.165) is 32.8 Å². The van der Waals surface area contributed by atoms with Crippen molar-refractivity contribution < 1.29 is 9.85 Å². The summed E-state index contributed by atoms with van der Waals surface area (Å²) in [5, 5.41) is 27.8. The number of aromatic nitrogens is 2. The van der Waals surface area contributed by atoms with E-state index >= 15 is 0 Å². The molecule has 0 aliphatic heterocycles. The van der Waals surface area contributed by atoms with E-state index < -0.39 is 15.5 Å². The fraction of sp³-hybridized carbons (Fsp3) is 0. The first-order valence-corrected chi connectivity index (χ1v) is 11.6. The Balaban J connectivity index is 1.66. The van der Waals surface area contributed by atoms with Crippen LogP contribution >= 0.6 is 15.9 Å². The van der Waals surface area contributed by atoms with Gasteiger partial charge in [0, 0.05) is 21.7 Å². The number of hydrogen-bond donors (Lipinski definition) is 0. The molecule has 0 N–H and O–H groups in total. The van der Waals surface area contributed by atoms with E-state index in [1.54, 1.807) is 0 Å². The van der Waals surface area contributed by atoms with Crippen LogP contribution in [0.4, 0.5) is 11.4 Å². The number of nitro groups is 2. The predicted octanol–water partition coefficient (Wildman–Crippen LogP) is 7.45. The molecule has 0 spiro atoms. The molecule has 0 radical (unpaired) electrons. The Morgan fingerprint density at radius 2 is 1.28 bits per heavy atom. The Bertz CT molecular complexity index is 1580. The third kappa shape index (κ3) is 4.51. The summed E-state index contributed by atoms with van der Waals surface area (Å²) in [5.41, 5.74) is 4.35. The van der Waals surface area contributed by atoms with Gasteiger partial charge in [0.2, 0.25) is 0 Å². The third-order valence-electron chi connectivity index (χ3n) is 5.73. The summed E-state index contributed by atoms with van der Waals surface area (Å²) in [5.74, 6) is 0. The second-order valence-corrected chi connectivity index (χ2v) is 8.88. The summed E-state index contributed by atoms with van der Waals surface area (Å²) in [6.07, 6.45) is 0. The van der Waals surface area contributed by atoms with Crippen LogP contribution in [-0.2, 0) is 0 Å². The van der Waals surface area contributed by atoms with Crippen LogP contribution in [0.3, 0.4) is 0 Å². The van der Waals surface area contributed by atoms with Crippen LogP contribution in [0.5, 0.6) is 0 Å². The first-order valence-electron chi connectivity index (χ1n) is 10.9. The maximum Gasteiger partial charge on any atom is 0.301 e. The molecular weight excluding hydrogens is 524 g/mol. The van der Waals surface area contributed by atoms with Crippen molar-refractivity contribution in [3.63, 3.8) is 0 Å². The monoisotopic (exact) mass is 540 g/mol. The third-order valence-corrected chi connectivity index (χ3v) is 6.26. The smallest absolute Gasteiger partial charge is 0.258 e. The topological polar surface area (TPSA) is 104 Å². The van der Waals surface area contributed by atoms with Gasteiger partial charge in [-0.1, -0.05) is 82.7 Å². The van der Waals surface area contributed by atoms with Crippen molar-refractivity contribution in [2.45, 2.75) is 0 Å². The Morgan fingerprint density at radius 1 is 0.667 bits per heavy atom. The lowest BCUT2D eigenvalue weighted by atomic mass is 10.0. The lowest BCUT2D eigenvalue weighted by molar-refractivity contribution is -0.394. The standard InChI is InChI=1S/C27H17BrN4O4/c28-22-12-10-21(11-13-22)26-17-24(20-8-6-19(7-9-20)18-4-2-1-3-5-18)29-30(26)25-15-14-23(31(33)34)16-27(25)32(35)36/h1-17H. The molecule has 0 saturated carbocycles. The summed E-state index contributed by atoms with van der Waals surface area (Å²) < 4.78 is 2.35. The molecule has 8 nitrogen and oxygen atoms in total. The molecule has 36 heavy (non-hydrogen) atoms. The molecule has 0 aliphatic rings. The van der Waals surface area contributed by atoms with Crippen LogP contribution in [0.15, 0.2) is 108 Å². The largest absolute Gasteiger partial charge is 0.301 e. The van der Waals surface area contributed by atoms with Crippen LogP contribution < -0.4 is 0 Å². The number of rotatable bonds is 6. The zero-order valence-corrected chi connectivity index (χ0v) is 20.2. The van der Waals surface area contributed by atoms with E-state index in [9.17, 15) is 20.2 Å². The highest BCUT2D eigenvalue weighted by atomic mass is 79.9. The number of non-ortho nitro benzene ring substituents is 1. The molecule has 0 atom stereocenters. The molecule has 9 heteroatoms. The second kappa shape index (κ2) is 9.55. The van der Waals surface area contributed by atoms with Crippen LogP contribution in [0.1, 0.15) is 0 Å². The fourth-order valence-corrected chi connectivity index (χ4v) is 4.21. The molecule has 0 bridgehead atoms. The summed E-state index contributed by atoms with van der Waals surface area (Å²) in [7, 11) is 0. The van der Waals surface area contributed by atoms with E-state index in [-0.39, 0.29) is 11.4 Å². The van der Waals surface area contributed by atoms with Gasteiger partial charge in [0.1, 0.15) is 5.69 Å². The number of nitrogens with zero attached hydrogens (tertiary/aromatic N) is 4. The summed E-state index contributed by atoms with van der Waals surface area (Å²) in [6, 6.07) is 30.8. The van der Waals surface area contributed by atoms with Crippen LogP contribution in [0.25, 0.3) is 39.3 Å². The summed E-state index contributed by atoms with van der Waals surface area (Å²) in [4.78, 5) is 21.8. The van der Waals surface area contributed by atoms with Gasteiger partial charge in [0.15, 0.2) is 0 Å².